The number of carbonyl (C=O) groups excluding carboxylic acids is 1. The Labute approximate surface area is 134 Å². The molecule has 0 saturated heterocycles. The van der Waals surface area contributed by atoms with Gasteiger partial charge in [-0.25, -0.2) is 4.79 Å². The molecule has 0 aromatic heterocycles. The summed E-state index contributed by atoms with van der Waals surface area (Å²) in [5.74, 6) is -4.52. The van der Waals surface area contributed by atoms with Crippen LogP contribution in [0.4, 0.5) is 8.78 Å². The molecule has 0 atom stereocenters. The predicted molar refractivity (Wildman–Crippen MR) is 81.6 cm³/mol. The topological polar surface area (TPSA) is 44.8 Å². The maximum Gasteiger partial charge on any atom is 0.381 e. The third kappa shape index (κ3) is 4.00. The van der Waals surface area contributed by atoms with E-state index in [1.807, 2.05) is 6.92 Å². The van der Waals surface area contributed by atoms with E-state index in [2.05, 4.69) is 11.3 Å². The van der Waals surface area contributed by atoms with Gasteiger partial charge >= 0.3 is 11.9 Å². The summed E-state index contributed by atoms with van der Waals surface area (Å²) < 4.78 is 43.3. The highest BCUT2D eigenvalue weighted by Crippen LogP contribution is 2.38. The summed E-state index contributed by atoms with van der Waals surface area (Å²) in [7, 11) is 0. The molecule has 1 aliphatic rings. The molecule has 0 spiro atoms. The molecule has 0 fully saturated rings. The Morgan fingerprint density at radius 2 is 2.00 bits per heavy atom. The van der Waals surface area contributed by atoms with Gasteiger partial charge in [0, 0.05) is 5.57 Å². The van der Waals surface area contributed by atoms with Crippen LogP contribution in [0.2, 0.25) is 0 Å². The van der Waals surface area contributed by atoms with Crippen LogP contribution >= 0.6 is 0 Å². The SMILES string of the molecule is C=C(c1ccc2c(c1)OCO2)C(F)(F)C(=O)OCCCCCC. The highest BCUT2D eigenvalue weighted by atomic mass is 19.3. The van der Waals surface area contributed by atoms with Crippen LogP contribution < -0.4 is 9.47 Å². The molecule has 1 aliphatic heterocycles. The highest BCUT2D eigenvalue weighted by Gasteiger charge is 2.44. The largest absolute Gasteiger partial charge is 0.461 e. The van der Waals surface area contributed by atoms with E-state index in [-0.39, 0.29) is 19.0 Å². The summed E-state index contributed by atoms with van der Waals surface area (Å²) in [6.07, 6.45) is 3.42. The molecule has 0 radical (unpaired) electrons. The van der Waals surface area contributed by atoms with Crippen molar-refractivity contribution < 1.29 is 27.8 Å². The Morgan fingerprint density at radius 1 is 1.26 bits per heavy atom. The Balaban J connectivity index is 1.97. The van der Waals surface area contributed by atoms with Gasteiger partial charge in [-0.3, -0.25) is 0 Å². The monoisotopic (exact) mass is 326 g/mol. The molecule has 4 nitrogen and oxygen atoms in total. The van der Waals surface area contributed by atoms with E-state index in [0.717, 1.165) is 19.3 Å². The van der Waals surface area contributed by atoms with Crippen molar-refractivity contribution in [3.8, 4) is 11.5 Å². The fourth-order valence-corrected chi connectivity index (χ4v) is 2.17. The van der Waals surface area contributed by atoms with Crippen LogP contribution in [-0.4, -0.2) is 25.3 Å². The normalized spacial score (nSPS) is 13.0. The van der Waals surface area contributed by atoms with Crippen molar-refractivity contribution in [2.45, 2.75) is 38.5 Å². The Morgan fingerprint density at radius 3 is 2.74 bits per heavy atom. The number of rotatable bonds is 8. The zero-order valence-corrected chi connectivity index (χ0v) is 13.1. The molecule has 2 rings (SSSR count). The van der Waals surface area contributed by atoms with Gasteiger partial charge in [0.25, 0.3) is 0 Å². The molecule has 0 unspecified atom stereocenters. The van der Waals surface area contributed by atoms with Crippen molar-refractivity contribution >= 4 is 11.5 Å². The van der Waals surface area contributed by atoms with Crippen molar-refractivity contribution in [3.05, 3.63) is 30.3 Å². The highest BCUT2D eigenvalue weighted by molar-refractivity contribution is 5.94. The maximum absolute atomic E-state index is 14.2. The van der Waals surface area contributed by atoms with Gasteiger partial charge in [-0.1, -0.05) is 38.8 Å². The predicted octanol–water partition coefficient (Wildman–Crippen LogP) is 4.19. The minimum absolute atomic E-state index is 0.0111. The first-order valence-electron chi connectivity index (χ1n) is 7.61. The van der Waals surface area contributed by atoms with Gasteiger partial charge in [0.05, 0.1) is 6.61 Å². The molecular formula is C17H20F2O4. The number of benzene rings is 1. The van der Waals surface area contributed by atoms with E-state index in [1.54, 1.807) is 0 Å². The van der Waals surface area contributed by atoms with Crippen LogP contribution in [0.5, 0.6) is 11.5 Å². The van der Waals surface area contributed by atoms with Gasteiger partial charge < -0.3 is 14.2 Å². The number of carbonyl (C=O) groups is 1. The van der Waals surface area contributed by atoms with Crippen LogP contribution in [0, 0.1) is 0 Å². The van der Waals surface area contributed by atoms with Crippen molar-refractivity contribution in [3.63, 3.8) is 0 Å². The van der Waals surface area contributed by atoms with E-state index >= 15 is 0 Å². The van der Waals surface area contributed by atoms with E-state index < -0.39 is 17.5 Å². The van der Waals surface area contributed by atoms with Gasteiger partial charge in [0.15, 0.2) is 11.5 Å². The molecule has 0 N–H and O–H groups in total. The van der Waals surface area contributed by atoms with E-state index in [4.69, 9.17) is 9.47 Å². The van der Waals surface area contributed by atoms with E-state index in [1.165, 1.54) is 18.2 Å². The summed E-state index contributed by atoms with van der Waals surface area (Å²) in [4.78, 5) is 11.7. The molecule has 1 heterocycles. The van der Waals surface area contributed by atoms with Crippen LogP contribution in [0.3, 0.4) is 0 Å². The minimum Gasteiger partial charge on any atom is -0.461 e. The van der Waals surface area contributed by atoms with Crippen molar-refractivity contribution in [2.24, 2.45) is 0 Å². The third-order valence-electron chi connectivity index (χ3n) is 3.59. The van der Waals surface area contributed by atoms with E-state index in [9.17, 15) is 13.6 Å². The van der Waals surface area contributed by atoms with Crippen LogP contribution in [-0.2, 0) is 9.53 Å². The number of hydrogen-bond acceptors (Lipinski definition) is 4. The Hall–Kier alpha value is -2.11. The molecule has 1 aromatic rings. The second-order valence-corrected chi connectivity index (χ2v) is 5.32. The lowest BCUT2D eigenvalue weighted by atomic mass is 10.0. The zero-order chi connectivity index (χ0) is 16.9. The molecule has 23 heavy (non-hydrogen) atoms. The average Bonchev–Trinajstić information content (AvgIpc) is 3.01. The number of fused-ring (bicyclic) bond motifs is 1. The second kappa shape index (κ2) is 7.44. The minimum atomic E-state index is -3.78. The van der Waals surface area contributed by atoms with Crippen LogP contribution in [0.15, 0.2) is 24.8 Å². The summed E-state index contributed by atoms with van der Waals surface area (Å²) in [5, 5.41) is 0. The molecule has 126 valence electrons. The summed E-state index contributed by atoms with van der Waals surface area (Å²) >= 11 is 0. The molecule has 0 amide bonds. The first kappa shape index (κ1) is 17.2. The van der Waals surface area contributed by atoms with Crippen molar-refractivity contribution in [1.29, 1.82) is 0 Å². The Bertz CT molecular complexity index is 584. The van der Waals surface area contributed by atoms with Gasteiger partial charge in [-0.05, 0) is 24.1 Å². The summed E-state index contributed by atoms with van der Waals surface area (Å²) in [5.41, 5.74) is -0.503. The van der Waals surface area contributed by atoms with Crippen LogP contribution in [0.25, 0.3) is 5.57 Å². The van der Waals surface area contributed by atoms with Gasteiger partial charge in [-0.2, -0.15) is 8.78 Å². The molecule has 0 bridgehead atoms. The fraction of sp³-hybridized carbons (Fsp3) is 0.471. The molecule has 0 aliphatic carbocycles. The fourth-order valence-electron chi connectivity index (χ4n) is 2.17. The lowest BCUT2D eigenvalue weighted by Crippen LogP contribution is -2.32. The number of halogens is 2. The standard InChI is InChI=1S/C17H20F2O4/c1-3-4-5-6-9-21-16(20)17(18,19)12(2)13-7-8-14-15(10-13)23-11-22-14/h7-8,10H,2-6,9,11H2,1H3. The first-order valence-corrected chi connectivity index (χ1v) is 7.61. The number of hydrogen-bond donors (Lipinski definition) is 0. The maximum atomic E-state index is 14.2. The summed E-state index contributed by atoms with van der Waals surface area (Å²) in [6.45, 7) is 5.42. The lowest BCUT2D eigenvalue weighted by molar-refractivity contribution is -0.163. The van der Waals surface area contributed by atoms with Crippen LogP contribution in [0.1, 0.15) is 38.2 Å². The average molecular weight is 326 g/mol. The lowest BCUT2D eigenvalue weighted by Gasteiger charge is -2.18. The smallest absolute Gasteiger partial charge is 0.381 e. The number of esters is 1. The van der Waals surface area contributed by atoms with Gasteiger partial charge in [-0.15, -0.1) is 0 Å². The van der Waals surface area contributed by atoms with Gasteiger partial charge in [0.2, 0.25) is 6.79 Å². The Kier molecular flexibility index (Phi) is 5.58. The number of ether oxygens (including phenoxy) is 3. The van der Waals surface area contributed by atoms with Crippen molar-refractivity contribution in [1.82, 2.24) is 0 Å². The quantitative estimate of drug-likeness (QED) is 0.531. The van der Waals surface area contributed by atoms with Crippen molar-refractivity contribution in [2.75, 3.05) is 13.4 Å². The molecule has 1 aromatic carbocycles. The summed E-state index contributed by atoms with van der Waals surface area (Å²) in [6, 6.07) is 4.31. The number of unbranched alkanes of at least 4 members (excludes halogenated alkanes) is 3. The molecule has 6 heteroatoms. The molecular weight excluding hydrogens is 306 g/mol. The zero-order valence-electron chi connectivity index (χ0n) is 13.1. The third-order valence-corrected chi connectivity index (χ3v) is 3.59. The molecule has 0 saturated carbocycles. The van der Waals surface area contributed by atoms with Gasteiger partial charge in [0.1, 0.15) is 0 Å². The first-order chi connectivity index (χ1) is 11.0. The second-order valence-electron chi connectivity index (χ2n) is 5.32. The number of alkyl halides is 2. The van der Waals surface area contributed by atoms with E-state index in [0.29, 0.717) is 17.9 Å².